The smallest absolute Gasteiger partial charge is 0.228 e. The van der Waals surface area contributed by atoms with Crippen LogP contribution in [0.25, 0.3) is 10.9 Å². The Kier molecular flexibility index (Phi) is 5.97. The largest absolute Gasteiger partial charge is 0.358 e. The van der Waals surface area contributed by atoms with E-state index >= 15 is 0 Å². The lowest BCUT2D eigenvalue weighted by atomic mass is 10.1. The molecule has 3 aromatic rings. The highest BCUT2D eigenvalue weighted by molar-refractivity contribution is 5.96. The number of amides is 1. The number of likely N-dealkylation sites (N-methyl/N-ethyl adjacent to an activating group) is 1. The minimum atomic E-state index is 0.0151. The van der Waals surface area contributed by atoms with Crippen molar-refractivity contribution in [3.05, 3.63) is 65.4 Å². The Morgan fingerprint density at radius 3 is 2.41 bits per heavy atom. The van der Waals surface area contributed by atoms with Crippen LogP contribution in [0.1, 0.15) is 23.7 Å². The van der Waals surface area contributed by atoms with Gasteiger partial charge in [0.1, 0.15) is 0 Å². The molecule has 0 bridgehead atoms. The number of fused-ring (bicyclic) bond motifs is 1. The van der Waals surface area contributed by atoms with Crippen LogP contribution in [0.4, 0.5) is 5.69 Å². The van der Waals surface area contributed by atoms with E-state index in [4.69, 9.17) is 0 Å². The number of H-pyrrole nitrogens is 1. The lowest BCUT2D eigenvalue weighted by molar-refractivity contribution is -0.115. The van der Waals surface area contributed by atoms with E-state index < -0.39 is 0 Å². The number of carbonyl (C=O) groups excluding carboxylic acids is 1. The molecule has 2 heterocycles. The van der Waals surface area contributed by atoms with Crippen molar-refractivity contribution >= 4 is 22.5 Å². The third-order valence-electron chi connectivity index (χ3n) is 5.92. The number of aromatic amines is 1. The number of nitrogens with zero attached hydrogens (tertiary/aromatic N) is 2. The minimum absolute atomic E-state index is 0.0151. The summed E-state index contributed by atoms with van der Waals surface area (Å²) in [5.41, 5.74) is 5.35. The first-order valence-electron chi connectivity index (χ1n) is 10.5. The number of para-hydroxylation sites is 1. The molecule has 4 rings (SSSR count). The number of aromatic nitrogens is 1. The van der Waals surface area contributed by atoms with Gasteiger partial charge in [0.2, 0.25) is 5.91 Å². The van der Waals surface area contributed by atoms with Gasteiger partial charge < -0.3 is 15.2 Å². The first-order chi connectivity index (χ1) is 14.1. The molecule has 1 fully saturated rings. The van der Waals surface area contributed by atoms with Crippen LogP contribution >= 0.6 is 0 Å². The average Bonchev–Trinajstić information content (AvgIpc) is 3.05. The van der Waals surface area contributed by atoms with Crippen molar-refractivity contribution in [1.82, 2.24) is 14.8 Å². The lowest BCUT2D eigenvalue weighted by Gasteiger charge is -2.34. The van der Waals surface area contributed by atoms with Gasteiger partial charge in [-0.05, 0) is 42.8 Å². The molecule has 0 unspecified atom stereocenters. The molecule has 29 heavy (non-hydrogen) atoms. The molecule has 1 aliphatic rings. The van der Waals surface area contributed by atoms with Crippen molar-refractivity contribution in [3.63, 3.8) is 0 Å². The molecular formula is C24H30N4O. The third kappa shape index (κ3) is 4.69. The van der Waals surface area contributed by atoms with Crippen LogP contribution in [0.3, 0.4) is 0 Å². The van der Waals surface area contributed by atoms with Crippen LogP contribution in [-0.4, -0.2) is 53.4 Å². The van der Waals surface area contributed by atoms with E-state index in [0.29, 0.717) is 6.42 Å². The van der Waals surface area contributed by atoms with Crippen molar-refractivity contribution in [2.24, 2.45) is 0 Å². The van der Waals surface area contributed by atoms with Crippen LogP contribution in [0.5, 0.6) is 0 Å². The quantitative estimate of drug-likeness (QED) is 0.673. The summed E-state index contributed by atoms with van der Waals surface area (Å²) in [5.74, 6) is 0.0151. The standard InChI is InChI=1S/C24H30N4O/c1-3-27-12-14-28(15-13-27)17-19-8-10-20(11-9-19)26-24(29)16-22-18(2)25-23-7-5-4-6-21(22)23/h4-11,25H,3,12-17H2,1-2H3,(H,26,29). The zero-order valence-corrected chi connectivity index (χ0v) is 17.4. The van der Waals surface area contributed by atoms with Gasteiger partial charge in [0.15, 0.2) is 0 Å². The van der Waals surface area contributed by atoms with Crippen molar-refractivity contribution in [1.29, 1.82) is 0 Å². The first kappa shape index (κ1) is 19.7. The zero-order chi connectivity index (χ0) is 20.2. The average molecular weight is 391 g/mol. The second-order valence-corrected chi connectivity index (χ2v) is 7.91. The molecule has 0 spiro atoms. The van der Waals surface area contributed by atoms with Gasteiger partial charge in [-0.1, -0.05) is 37.3 Å². The van der Waals surface area contributed by atoms with Crippen LogP contribution in [0.2, 0.25) is 0 Å². The Morgan fingerprint density at radius 1 is 1.00 bits per heavy atom. The van der Waals surface area contributed by atoms with Crippen LogP contribution in [0, 0.1) is 6.92 Å². The fourth-order valence-corrected chi connectivity index (χ4v) is 4.14. The molecular weight excluding hydrogens is 360 g/mol. The van der Waals surface area contributed by atoms with E-state index in [9.17, 15) is 4.79 Å². The van der Waals surface area contributed by atoms with Crippen molar-refractivity contribution in [2.45, 2.75) is 26.8 Å². The summed E-state index contributed by atoms with van der Waals surface area (Å²) in [7, 11) is 0. The summed E-state index contributed by atoms with van der Waals surface area (Å²) in [5, 5.41) is 4.17. The molecule has 0 atom stereocenters. The van der Waals surface area contributed by atoms with Gasteiger partial charge in [-0.15, -0.1) is 0 Å². The molecule has 0 saturated carbocycles. The topological polar surface area (TPSA) is 51.4 Å². The van der Waals surface area contributed by atoms with E-state index in [1.165, 1.54) is 5.56 Å². The number of hydrogen-bond acceptors (Lipinski definition) is 3. The predicted molar refractivity (Wildman–Crippen MR) is 119 cm³/mol. The second kappa shape index (κ2) is 8.80. The Labute approximate surface area is 172 Å². The fraction of sp³-hybridized carbons (Fsp3) is 0.375. The van der Waals surface area contributed by atoms with Gasteiger partial charge in [-0.25, -0.2) is 0 Å². The summed E-state index contributed by atoms with van der Waals surface area (Å²) >= 11 is 0. The molecule has 0 aliphatic carbocycles. The van der Waals surface area contributed by atoms with Gasteiger partial charge in [0.25, 0.3) is 0 Å². The van der Waals surface area contributed by atoms with Crippen LogP contribution in [-0.2, 0) is 17.8 Å². The number of hydrogen-bond donors (Lipinski definition) is 2. The summed E-state index contributed by atoms with van der Waals surface area (Å²) in [6.45, 7) is 10.9. The van der Waals surface area contributed by atoms with Gasteiger partial charge in [-0.3, -0.25) is 9.69 Å². The summed E-state index contributed by atoms with van der Waals surface area (Å²) in [6.07, 6.45) is 0.374. The Morgan fingerprint density at radius 2 is 1.69 bits per heavy atom. The molecule has 152 valence electrons. The minimum Gasteiger partial charge on any atom is -0.358 e. The lowest BCUT2D eigenvalue weighted by Crippen LogP contribution is -2.45. The highest BCUT2D eigenvalue weighted by Crippen LogP contribution is 2.23. The van der Waals surface area contributed by atoms with Crippen molar-refractivity contribution < 1.29 is 4.79 Å². The van der Waals surface area contributed by atoms with Crippen LogP contribution < -0.4 is 5.32 Å². The third-order valence-corrected chi connectivity index (χ3v) is 5.92. The highest BCUT2D eigenvalue weighted by atomic mass is 16.1. The monoisotopic (exact) mass is 390 g/mol. The number of nitrogens with one attached hydrogen (secondary N) is 2. The number of aryl methyl sites for hydroxylation is 1. The molecule has 5 nitrogen and oxygen atoms in total. The van der Waals surface area contributed by atoms with E-state index in [1.807, 2.05) is 37.3 Å². The number of anilines is 1. The van der Waals surface area contributed by atoms with Gasteiger partial charge in [0.05, 0.1) is 6.42 Å². The van der Waals surface area contributed by atoms with E-state index in [0.717, 1.165) is 67.1 Å². The predicted octanol–water partition coefficient (Wildman–Crippen LogP) is 3.80. The molecule has 2 aromatic carbocycles. The number of carbonyl (C=O) groups is 1. The maximum absolute atomic E-state index is 12.6. The normalized spacial score (nSPS) is 15.7. The maximum atomic E-state index is 12.6. The fourth-order valence-electron chi connectivity index (χ4n) is 4.14. The molecule has 1 aliphatic heterocycles. The summed E-state index contributed by atoms with van der Waals surface area (Å²) in [6, 6.07) is 16.4. The van der Waals surface area contributed by atoms with E-state index in [-0.39, 0.29) is 5.91 Å². The SMILES string of the molecule is CCN1CCN(Cc2ccc(NC(=O)Cc3c(C)[nH]c4ccccc34)cc2)CC1. The first-order valence-corrected chi connectivity index (χ1v) is 10.5. The van der Waals surface area contributed by atoms with Gasteiger partial charge in [-0.2, -0.15) is 0 Å². The van der Waals surface area contributed by atoms with Crippen molar-refractivity contribution in [3.8, 4) is 0 Å². The summed E-state index contributed by atoms with van der Waals surface area (Å²) in [4.78, 5) is 21.0. The molecule has 1 amide bonds. The van der Waals surface area contributed by atoms with E-state index in [2.05, 4.69) is 45.2 Å². The summed E-state index contributed by atoms with van der Waals surface area (Å²) < 4.78 is 0. The maximum Gasteiger partial charge on any atom is 0.228 e. The zero-order valence-electron chi connectivity index (χ0n) is 17.4. The highest BCUT2D eigenvalue weighted by Gasteiger charge is 2.16. The number of piperazine rings is 1. The van der Waals surface area contributed by atoms with Crippen LogP contribution in [0.15, 0.2) is 48.5 Å². The molecule has 0 radical (unpaired) electrons. The second-order valence-electron chi connectivity index (χ2n) is 7.91. The number of rotatable bonds is 6. The van der Waals surface area contributed by atoms with Gasteiger partial charge >= 0.3 is 0 Å². The molecule has 5 heteroatoms. The Hall–Kier alpha value is -2.63. The van der Waals surface area contributed by atoms with Gasteiger partial charge in [0, 0.05) is 55.0 Å². The van der Waals surface area contributed by atoms with E-state index in [1.54, 1.807) is 0 Å². The molecule has 1 saturated heterocycles. The molecule has 1 aromatic heterocycles. The Balaban J connectivity index is 1.34. The molecule has 2 N–H and O–H groups in total. The van der Waals surface area contributed by atoms with Crippen molar-refractivity contribution in [2.75, 3.05) is 38.0 Å². The Bertz CT molecular complexity index is 968. The number of benzene rings is 2.